The van der Waals surface area contributed by atoms with E-state index in [2.05, 4.69) is 15.2 Å². The number of carbonyl (C=O) groups excluding carboxylic acids is 1. The minimum Gasteiger partial charge on any atom is -0.480 e. The van der Waals surface area contributed by atoms with Gasteiger partial charge in [-0.05, 0) is 43.7 Å². The predicted molar refractivity (Wildman–Crippen MR) is 94.8 cm³/mol. The molecule has 1 unspecified atom stereocenters. The molecule has 2 N–H and O–H groups in total. The second-order valence-electron chi connectivity index (χ2n) is 7.19. The Labute approximate surface area is 148 Å². The molecule has 2 aliphatic rings. The van der Waals surface area contributed by atoms with Crippen molar-refractivity contribution in [3.63, 3.8) is 0 Å². The van der Waals surface area contributed by atoms with Gasteiger partial charge in [0, 0.05) is 39.4 Å². The fourth-order valence-electron chi connectivity index (χ4n) is 3.75. The molecule has 2 saturated heterocycles. The second-order valence-corrected chi connectivity index (χ2v) is 7.19. The van der Waals surface area contributed by atoms with Gasteiger partial charge in [0.05, 0.1) is 5.56 Å². The molecule has 2 fully saturated rings. The Balaban J connectivity index is 1.60. The van der Waals surface area contributed by atoms with Crippen LogP contribution in [0.15, 0.2) is 18.3 Å². The van der Waals surface area contributed by atoms with Crippen molar-refractivity contribution in [2.75, 3.05) is 38.1 Å². The Morgan fingerprint density at radius 2 is 2.12 bits per heavy atom. The summed E-state index contributed by atoms with van der Waals surface area (Å²) in [5.74, 6) is 0.112. The largest absolute Gasteiger partial charge is 0.480 e. The van der Waals surface area contributed by atoms with Crippen LogP contribution in [-0.4, -0.2) is 66.1 Å². The van der Waals surface area contributed by atoms with Crippen molar-refractivity contribution in [2.24, 2.45) is 5.41 Å². The highest BCUT2D eigenvalue weighted by Crippen LogP contribution is 2.40. The zero-order chi connectivity index (χ0) is 18.0. The summed E-state index contributed by atoms with van der Waals surface area (Å²) in [6, 6.07) is 3.33. The smallest absolute Gasteiger partial charge is 0.320 e. The number of rotatable bonds is 4. The molecule has 7 nitrogen and oxygen atoms in total. The van der Waals surface area contributed by atoms with E-state index in [1.54, 1.807) is 18.1 Å². The molecule has 1 aromatic rings. The maximum atomic E-state index is 12.1. The number of hydrogen-bond acceptors (Lipinski definition) is 5. The van der Waals surface area contributed by atoms with Crippen LogP contribution in [0.3, 0.4) is 0 Å². The van der Waals surface area contributed by atoms with Gasteiger partial charge in [-0.3, -0.25) is 9.59 Å². The van der Waals surface area contributed by atoms with E-state index in [1.807, 2.05) is 19.1 Å². The molecule has 1 amide bonds. The number of anilines is 1. The summed E-state index contributed by atoms with van der Waals surface area (Å²) in [5.41, 5.74) is 0.699. The summed E-state index contributed by atoms with van der Waals surface area (Å²) >= 11 is 0. The first kappa shape index (κ1) is 17.7. The summed E-state index contributed by atoms with van der Waals surface area (Å²) in [5, 5.41) is 12.3. The van der Waals surface area contributed by atoms with Gasteiger partial charge in [-0.1, -0.05) is 0 Å². The lowest BCUT2D eigenvalue weighted by Crippen LogP contribution is -2.41. The molecule has 3 rings (SSSR count). The molecule has 0 radical (unpaired) electrons. The summed E-state index contributed by atoms with van der Waals surface area (Å²) in [7, 11) is 1.78. The fraction of sp³-hybridized carbons (Fsp3) is 0.611. The Hall–Kier alpha value is -2.15. The SMILES string of the molecule is CCN(C)C(=O)c1ccc(N2CCC3(CC2)CNC(C(=O)O)C3)nc1. The van der Waals surface area contributed by atoms with Crippen LogP contribution in [0.2, 0.25) is 0 Å². The van der Waals surface area contributed by atoms with Crippen LogP contribution < -0.4 is 10.2 Å². The predicted octanol–water partition coefficient (Wildman–Crippen LogP) is 1.21. The van der Waals surface area contributed by atoms with Gasteiger partial charge in [-0.25, -0.2) is 4.98 Å². The molecule has 0 bridgehead atoms. The van der Waals surface area contributed by atoms with Gasteiger partial charge >= 0.3 is 5.97 Å². The van der Waals surface area contributed by atoms with E-state index >= 15 is 0 Å². The number of hydrogen-bond donors (Lipinski definition) is 2. The number of nitrogens with one attached hydrogen (secondary N) is 1. The standard InChI is InChI=1S/C18H26N4O3/c1-3-21(2)16(23)13-4-5-15(19-11-13)22-8-6-18(7-9-22)10-14(17(24)25)20-12-18/h4-5,11,14,20H,3,6-10,12H2,1-2H3,(H,24,25). The molecule has 3 heterocycles. The summed E-state index contributed by atoms with van der Waals surface area (Å²) in [6.45, 7) is 5.12. The van der Waals surface area contributed by atoms with E-state index in [4.69, 9.17) is 0 Å². The zero-order valence-electron chi connectivity index (χ0n) is 14.9. The van der Waals surface area contributed by atoms with E-state index in [0.29, 0.717) is 18.5 Å². The van der Waals surface area contributed by atoms with Gasteiger partial charge in [0.15, 0.2) is 0 Å². The first-order valence-electron chi connectivity index (χ1n) is 8.87. The second kappa shape index (κ2) is 7.00. The van der Waals surface area contributed by atoms with Gasteiger partial charge in [-0.15, -0.1) is 0 Å². The van der Waals surface area contributed by atoms with Crippen molar-refractivity contribution >= 4 is 17.7 Å². The van der Waals surface area contributed by atoms with Crippen molar-refractivity contribution in [3.05, 3.63) is 23.9 Å². The maximum Gasteiger partial charge on any atom is 0.320 e. The Bertz CT molecular complexity index is 638. The third kappa shape index (κ3) is 3.61. The first-order valence-corrected chi connectivity index (χ1v) is 8.87. The molecule has 1 aromatic heterocycles. The quantitative estimate of drug-likeness (QED) is 0.852. The minimum absolute atomic E-state index is 0.0177. The first-order chi connectivity index (χ1) is 11.9. The number of nitrogens with zero attached hydrogens (tertiary/aromatic N) is 3. The van der Waals surface area contributed by atoms with E-state index < -0.39 is 12.0 Å². The van der Waals surface area contributed by atoms with Gasteiger partial charge in [-0.2, -0.15) is 0 Å². The number of carboxylic acid groups (broad SMARTS) is 1. The van der Waals surface area contributed by atoms with Crippen LogP contribution in [0.5, 0.6) is 0 Å². The molecular formula is C18H26N4O3. The van der Waals surface area contributed by atoms with Crippen molar-refractivity contribution < 1.29 is 14.7 Å². The Kier molecular flexibility index (Phi) is 4.94. The maximum absolute atomic E-state index is 12.1. The fourth-order valence-corrected chi connectivity index (χ4v) is 3.75. The normalized spacial score (nSPS) is 22.2. The number of amides is 1. The number of carboxylic acids is 1. The van der Waals surface area contributed by atoms with E-state index in [0.717, 1.165) is 38.3 Å². The number of pyridine rings is 1. The van der Waals surface area contributed by atoms with Crippen molar-refractivity contribution in [1.82, 2.24) is 15.2 Å². The van der Waals surface area contributed by atoms with Gasteiger partial charge in [0.1, 0.15) is 11.9 Å². The van der Waals surface area contributed by atoms with Gasteiger partial charge in [0.2, 0.25) is 0 Å². The topological polar surface area (TPSA) is 85.8 Å². The molecule has 1 spiro atoms. The number of aliphatic carboxylic acids is 1. The molecule has 1 atom stereocenters. The van der Waals surface area contributed by atoms with Gasteiger partial charge in [0.25, 0.3) is 5.91 Å². The average molecular weight is 346 g/mol. The van der Waals surface area contributed by atoms with Crippen LogP contribution in [0.1, 0.15) is 36.5 Å². The average Bonchev–Trinajstić information content (AvgIpc) is 3.05. The van der Waals surface area contributed by atoms with Crippen molar-refractivity contribution in [1.29, 1.82) is 0 Å². The van der Waals surface area contributed by atoms with Gasteiger partial charge < -0.3 is 20.2 Å². The molecule has 0 aliphatic carbocycles. The zero-order valence-corrected chi connectivity index (χ0v) is 14.9. The third-order valence-electron chi connectivity index (χ3n) is 5.62. The highest BCUT2D eigenvalue weighted by atomic mass is 16.4. The van der Waals surface area contributed by atoms with E-state index in [-0.39, 0.29) is 11.3 Å². The van der Waals surface area contributed by atoms with Crippen molar-refractivity contribution in [3.8, 4) is 0 Å². The molecular weight excluding hydrogens is 320 g/mol. The van der Waals surface area contributed by atoms with Crippen LogP contribution in [0.25, 0.3) is 0 Å². The number of carbonyl (C=O) groups is 2. The van der Waals surface area contributed by atoms with Crippen molar-refractivity contribution in [2.45, 2.75) is 32.2 Å². The molecule has 136 valence electrons. The number of aromatic nitrogens is 1. The summed E-state index contributed by atoms with van der Waals surface area (Å²) in [6.07, 6.45) is 4.28. The lowest BCUT2D eigenvalue weighted by atomic mass is 9.76. The van der Waals surface area contributed by atoms with Crippen LogP contribution >= 0.6 is 0 Å². The molecule has 25 heavy (non-hydrogen) atoms. The monoisotopic (exact) mass is 346 g/mol. The molecule has 7 heteroatoms. The molecule has 0 saturated carbocycles. The summed E-state index contributed by atoms with van der Waals surface area (Å²) in [4.78, 5) is 31.6. The third-order valence-corrected chi connectivity index (χ3v) is 5.62. The van der Waals surface area contributed by atoms with Crippen LogP contribution in [0.4, 0.5) is 5.82 Å². The molecule has 0 aromatic carbocycles. The highest BCUT2D eigenvalue weighted by Gasteiger charge is 2.43. The van der Waals surface area contributed by atoms with E-state index in [1.165, 1.54) is 0 Å². The highest BCUT2D eigenvalue weighted by molar-refractivity contribution is 5.93. The lowest BCUT2D eigenvalue weighted by molar-refractivity contribution is -0.139. The summed E-state index contributed by atoms with van der Waals surface area (Å²) < 4.78 is 0. The molecule has 2 aliphatic heterocycles. The lowest BCUT2D eigenvalue weighted by Gasteiger charge is -2.39. The minimum atomic E-state index is -0.752. The Morgan fingerprint density at radius 1 is 1.40 bits per heavy atom. The van der Waals surface area contributed by atoms with Crippen LogP contribution in [0, 0.1) is 5.41 Å². The number of piperidine rings is 1. The van der Waals surface area contributed by atoms with Crippen LogP contribution in [-0.2, 0) is 4.79 Å². The Morgan fingerprint density at radius 3 is 2.64 bits per heavy atom. The van der Waals surface area contributed by atoms with E-state index in [9.17, 15) is 14.7 Å².